The molecule has 0 spiro atoms. The van der Waals surface area contributed by atoms with Crippen LogP contribution in [-0.4, -0.2) is 64.4 Å². The molecule has 0 aliphatic carbocycles. The molecular weight excluding hydrogens is 390 g/mol. The van der Waals surface area contributed by atoms with Crippen LogP contribution < -0.4 is 4.90 Å². The molecule has 0 radical (unpaired) electrons. The van der Waals surface area contributed by atoms with Crippen LogP contribution in [0.15, 0.2) is 29.2 Å². The van der Waals surface area contributed by atoms with Gasteiger partial charge in [0.25, 0.3) is 0 Å². The van der Waals surface area contributed by atoms with Gasteiger partial charge in [-0.3, -0.25) is 9.69 Å². The Morgan fingerprint density at radius 1 is 1.07 bits per heavy atom. The van der Waals surface area contributed by atoms with Crippen molar-refractivity contribution < 1.29 is 4.79 Å². The molecule has 146 valence electrons. The molecule has 0 saturated carbocycles. The zero-order chi connectivity index (χ0) is 19.1. The van der Waals surface area contributed by atoms with Crippen molar-refractivity contribution in [3.63, 3.8) is 0 Å². The van der Waals surface area contributed by atoms with Crippen molar-refractivity contribution in [2.45, 2.75) is 25.9 Å². The normalized spacial score (nSPS) is 19.0. The number of fused-ring (bicyclic) bond motifs is 2. The molecule has 5 rings (SSSR count). The molecule has 2 aliphatic rings. The number of aromatic nitrogens is 2. The molecule has 2 aliphatic heterocycles. The Morgan fingerprint density at radius 3 is 2.75 bits per heavy atom. The number of carbonyl (C=O) groups is 1. The standard InChI is InChI=1S/C20H23N5OS2/c1-14(20(26)25-5-2-17-15(12-25)3-10-27-17)23-6-8-24(9-7-23)18-16-4-11-28-19(16)22-13-21-18/h3-4,10-11,13-14H,2,5-9,12H2,1H3. The first-order valence-electron chi connectivity index (χ1n) is 9.72. The molecule has 0 aromatic carbocycles. The minimum absolute atomic E-state index is 0.0751. The van der Waals surface area contributed by atoms with Crippen LogP contribution in [0, 0.1) is 0 Å². The van der Waals surface area contributed by atoms with Crippen molar-refractivity contribution in [2.75, 3.05) is 37.6 Å². The lowest BCUT2D eigenvalue weighted by Crippen LogP contribution is -2.55. The first-order valence-corrected chi connectivity index (χ1v) is 11.5. The number of hydrogen-bond donors (Lipinski definition) is 0. The molecule has 0 N–H and O–H groups in total. The van der Waals surface area contributed by atoms with E-state index in [0.29, 0.717) is 0 Å². The largest absolute Gasteiger partial charge is 0.353 e. The van der Waals surface area contributed by atoms with E-state index in [1.807, 2.05) is 16.2 Å². The molecule has 1 unspecified atom stereocenters. The Labute approximate surface area is 172 Å². The maximum Gasteiger partial charge on any atom is 0.239 e. The summed E-state index contributed by atoms with van der Waals surface area (Å²) in [6.07, 6.45) is 2.64. The minimum Gasteiger partial charge on any atom is -0.353 e. The van der Waals surface area contributed by atoms with Crippen LogP contribution >= 0.6 is 22.7 Å². The molecule has 6 nitrogen and oxygen atoms in total. The van der Waals surface area contributed by atoms with Gasteiger partial charge in [-0.2, -0.15) is 0 Å². The van der Waals surface area contributed by atoms with Gasteiger partial charge >= 0.3 is 0 Å². The Kier molecular flexibility index (Phi) is 4.78. The first kappa shape index (κ1) is 18.0. The predicted octanol–water partition coefficient (Wildman–Crippen LogP) is 2.85. The third kappa shape index (κ3) is 3.19. The summed E-state index contributed by atoms with van der Waals surface area (Å²) in [5.41, 5.74) is 1.32. The molecule has 1 fully saturated rings. The lowest BCUT2D eigenvalue weighted by Gasteiger charge is -2.40. The summed E-state index contributed by atoms with van der Waals surface area (Å²) in [7, 11) is 0. The highest BCUT2D eigenvalue weighted by atomic mass is 32.1. The molecule has 0 bridgehead atoms. The summed E-state index contributed by atoms with van der Waals surface area (Å²) < 4.78 is 0. The number of carbonyl (C=O) groups excluding carboxylic acids is 1. The average molecular weight is 414 g/mol. The second-order valence-electron chi connectivity index (χ2n) is 7.41. The van der Waals surface area contributed by atoms with Crippen LogP contribution in [0.5, 0.6) is 0 Å². The molecule has 3 aromatic heterocycles. The van der Waals surface area contributed by atoms with Crippen molar-refractivity contribution >= 4 is 44.6 Å². The second kappa shape index (κ2) is 7.42. The maximum absolute atomic E-state index is 13.1. The second-order valence-corrected chi connectivity index (χ2v) is 9.31. The van der Waals surface area contributed by atoms with E-state index in [1.165, 1.54) is 10.4 Å². The monoisotopic (exact) mass is 413 g/mol. The molecule has 1 amide bonds. The lowest BCUT2D eigenvalue weighted by atomic mass is 10.1. The lowest BCUT2D eigenvalue weighted by molar-refractivity contribution is -0.137. The predicted molar refractivity (Wildman–Crippen MR) is 114 cm³/mol. The zero-order valence-electron chi connectivity index (χ0n) is 15.9. The first-order chi connectivity index (χ1) is 13.7. The third-order valence-electron chi connectivity index (χ3n) is 5.88. The Balaban J connectivity index is 1.23. The molecule has 8 heteroatoms. The van der Waals surface area contributed by atoms with E-state index in [-0.39, 0.29) is 11.9 Å². The summed E-state index contributed by atoms with van der Waals surface area (Å²) in [6, 6.07) is 4.19. The number of piperazine rings is 1. The topological polar surface area (TPSA) is 52.6 Å². The van der Waals surface area contributed by atoms with Crippen molar-refractivity contribution in [2.24, 2.45) is 0 Å². The molecule has 1 atom stereocenters. The number of nitrogens with zero attached hydrogens (tertiary/aromatic N) is 5. The zero-order valence-corrected chi connectivity index (χ0v) is 17.5. The van der Waals surface area contributed by atoms with Gasteiger partial charge in [0.2, 0.25) is 5.91 Å². The van der Waals surface area contributed by atoms with Gasteiger partial charge in [-0.25, -0.2) is 9.97 Å². The average Bonchev–Trinajstić information content (AvgIpc) is 3.41. The number of hydrogen-bond acceptors (Lipinski definition) is 7. The Bertz CT molecular complexity index is 991. The minimum atomic E-state index is -0.0751. The fourth-order valence-corrected chi connectivity index (χ4v) is 5.82. The van der Waals surface area contributed by atoms with Crippen LogP contribution in [0.25, 0.3) is 10.2 Å². The molecular formula is C20H23N5OS2. The third-order valence-corrected chi connectivity index (χ3v) is 7.72. The van der Waals surface area contributed by atoms with Gasteiger partial charge in [-0.05, 0) is 41.8 Å². The Morgan fingerprint density at radius 2 is 1.89 bits per heavy atom. The summed E-state index contributed by atoms with van der Waals surface area (Å²) in [6.45, 7) is 7.18. The van der Waals surface area contributed by atoms with Gasteiger partial charge in [-0.1, -0.05) is 0 Å². The number of thiophene rings is 2. The van der Waals surface area contributed by atoms with Crippen molar-refractivity contribution in [3.8, 4) is 0 Å². The summed E-state index contributed by atoms with van der Waals surface area (Å²) >= 11 is 3.46. The summed E-state index contributed by atoms with van der Waals surface area (Å²) in [4.78, 5) is 31.1. The van der Waals surface area contributed by atoms with Crippen molar-refractivity contribution in [3.05, 3.63) is 39.7 Å². The van der Waals surface area contributed by atoms with Gasteiger partial charge in [0.05, 0.1) is 11.4 Å². The summed E-state index contributed by atoms with van der Waals surface area (Å²) in [5, 5.41) is 5.33. The van der Waals surface area contributed by atoms with Gasteiger partial charge in [0, 0.05) is 44.1 Å². The van der Waals surface area contributed by atoms with Crippen LogP contribution in [-0.2, 0) is 17.8 Å². The van der Waals surface area contributed by atoms with Crippen LogP contribution in [0.1, 0.15) is 17.4 Å². The van der Waals surface area contributed by atoms with Gasteiger partial charge in [-0.15, -0.1) is 22.7 Å². The quantitative estimate of drug-likeness (QED) is 0.661. The SMILES string of the molecule is CC(C(=O)N1CCc2sccc2C1)N1CCN(c2ncnc3sccc23)CC1. The Hall–Kier alpha value is -2.03. The molecule has 1 saturated heterocycles. The van der Waals surface area contributed by atoms with E-state index in [4.69, 9.17) is 0 Å². The van der Waals surface area contributed by atoms with Gasteiger partial charge < -0.3 is 9.80 Å². The number of rotatable bonds is 3. The fourth-order valence-electron chi connectivity index (χ4n) is 4.21. The van der Waals surface area contributed by atoms with Crippen LogP contribution in [0.4, 0.5) is 5.82 Å². The fraction of sp³-hybridized carbons (Fsp3) is 0.450. The van der Waals surface area contributed by atoms with Crippen LogP contribution in [0.3, 0.4) is 0 Å². The van der Waals surface area contributed by atoms with E-state index in [1.54, 1.807) is 17.7 Å². The van der Waals surface area contributed by atoms with Crippen molar-refractivity contribution in [1.29, 1.82) is 0 Å². The van der Waals surface area contributed by atoms with E-state index >= 15 is 0 Å². The maximum atomic E-state index is 13.1. The smallest absolute Gasteiger partial charge is 0.239 e. The van der Waals surface area contributed by atoms with E-state index in [0.717, 1.165) is 61.7 Å². The highest BCUT2D eigenvalue weighted by Crippen LogP contribution is 2.28. The highest BCUT2D eigenvalue weighted by molar-refractivity contribution is 7.16. The molecule has 28 heavy (non-hydrogen) atoms. The van der Waals surface area contributed by atoms with Crippen LogP contribution in [0.2, 0.25) is 0 Å². The van der Waals surface area contributed by atoms with E-state index < -0.39 is 0 Å². The molecule has 5 heterocycles. The highest BCUT2D eigenvalue weighted by Gasteiger charge is 2.31. The van der Waals surface area contributed by atoms with Gasteiger partial charge in [0.15, 0.2) is 0 Å². The van der Waals surface area contributed by atoms with E-state index in [2.05, 4.69) is 49.6 Å². The number of amides is 1. The van der Waals surface area contributed by atoms with Crippen molar-refractivity contribution in [1.82, 2.24) is 19.8 Å². The summed E-state index contributed by atoms with van der Waals surface area (Å²) in [5.74, 6) is 1.28. The number of anilines is 1. The molecule has 3 aromatic rings. The van der Waals surface area contributed by atoms with Gasteiger partial charge in [0.1, 0.15) is 17.0 Å². The van der Waals surface area contributed by atoms with E-state index in [9.17, 15) is 4.79 Å².